The summed E-state index contributed by atoms with van der Waals surface area (Å²) in [4.78, 5) is 18.6. The van der Waals surface area contributed by atoms with E-state index in [4.69, 9.17) is 5.73 Å². The highest BCUT2D eigenvalue weighted by Crippen LogP contribution is 2.36. The number of aromatic amines is 1. The molecule has 0 spiro atoms. The minimum atomic E-state index is -0.513. The maximum absolute atomic E-state index is 11.7. The maximum atomic E-state index is 11.7. The summed E-state index contributed by atoms with van der Waals surface area (Å²) in [5.74, 6) is 0.937. The van der Waals surface area contributed by atoms with Crippen molar-refractivity contribution in [2.45, 2.75) is 10.7 Å². The van der Waals surface area contributed by atoms with E-state index in [1.165, 1.54) is 17.8 Å². The van der Waals surface area contributed by atoms with Crippen LogP contribution in [0.5, 0.6) is 0 Å². The summed E-state index contributed by atoms with van der Waals surface area (Å²) in [5.41, 5.74) is 8.43. The fraction of sp³-hybridized carbons (Fsp3) is 0.120. The van der Waals surface area contributed by atoms with Crippen molar-refractivity contribution in [2.24, 2.45) is 0 Å². The number of benzene rings is 3. The predicted octanol–water partition coefficient (Wildman–Crippen LogP) is 4.03. The van der Waals surface area contributed by atoms with E-state index in [-0.39, 0.29) is 11.4 Å². The Kier molecular flexibility index (Phi) is 6.50. The van der Waals surface area contributed by atoms with Crippen molar-refractivity contribution in [1.82, 2.24) is 15.3 Å². The summed E-state index contributed by atoms with van der Waals surface area (Å²) in [6.45, 7) is 0.682. The second kappa shape index (κ2) is 9.64. The van der Waals surface area contributed by atoms with Crippen molar-refractivity contribution in [3.8, 4) is 0 Å². The first-order chi connectivity index (χ1) is 15.2. The molecule has 4 N–H and O–H groups in total. The first-order valence-corrected chi connectivity index (χ1v) is 11.1. The second-order valence-corrected chi connectivity index (χ2v) is 8.18. The third-order valence-electron chi connectivity index (χ3n) is 5.09. The summed E-state index contributed by atoms with van der Waals surface area (Å²) in [7, 11) is 0. The van der Waals surface area contributed by atoms with E-state index >= 15 is 0 Å². The molecule has 4 rings (SSSR count). The van der Waals surface area contributed by atoms with Gasteiger partial charge in [0.1, 0.15) is 5.82 Å². The molecule has 0 atom stereocenters. The van der Waals surface area contributed by atoms with Gasteiger partial charge in [0.15, 0.2) is 5.16 Å². The van der Waals surface area contributed by atoms with Crippen LogP contribution in [-0.4, -0.2) is 22.3 Å². The zero-order chi connectivity index (χ0) is 21.5. The fourth-order valence-electron chi connectivity index (χ4n) is 3.78. The summed E-state index contributed by atoms with van der Waals surface area (Å²) in [5, 5.41) is 4.33. The van der Waals surface area contributed by atoms with Crippen molar-refractivity contribution in [2.75, 3.05) is 18.0 Å². The minimum Gasteiger partial charge on any atom is -0.383 e. The first-order valence-electron chi connectivity index (χ1n) is 10.1. The molecule has 1 heterocycles. The van der Waals surface area contributed by atoms with Crippen LogP contribution in [0, 0.1) is 0 Å². The van der Waals surface area contributed by atoms with Crippen LogP contribution in [0.1, 0.15) is 16.7 Å². The number of nitrogens with two attached hydrogens (primary N) is 1. The van der Waals surface area contributed by atoms with Crippen LogP contribution in [0.15, 0.2) is 107 Å². The minimum absolute atomic E-state index is 0.228. The lowest BCUT2D eigenvalue weighted by molar-refractivity contribution is 0.490. The lowest BCUT2D eigenvalue weighted by Crippen LogP contribution is -2.45. The van der Waals surface area contributed by atoms with Crippen LogP contribution in [0.3, 0.4) is 0 Å². The number of nitrogens with zero attached hydrogens (tertiary/aromatic N) is 1. The Morgan fingerprint density at radius 3 is 1.77 bits per heavy atom. The molecule has 5 nitrogen and oxygen atoms in total. The van der Waals surface area contributed by atoms with E-state index in [2.05, 4.69) is 88.1 Å². The van der Waals surface area contributed by atoms with Gasteiger partial charge >= 0.3 is 0 Å². The molecule has 3 aromatic carbocycles. The fourth-order valence-corrected chi connectivity index (χ4v) is 4.52. The van der Waals surface area contributed by atoms with Gasteiger partial charge in [-0.15, -0.1) is 0 Å². The molecule has 0 saturated heterocycles. The lowest BCUT2D eigenvalue weighted by Gasteiger charge is -2.37. The Bertz CT molecular complexity index is 1070. The van der Waals surface area contributed by atoms with Gasteiger partial charge in [-0.05, 0) is 16.7 Å². The van der Waals surface area contributed by atoms with Gasteiger partial charge in [0, 0.05) is 18.4 Å². The van der Waals surface area contributed by atoms with Crippen molar-refractivity contribution in [3.05, 3.63) is 124 Å². The van der Waals surface area contributed by atoms with Crippen LogP contribution in [0.2, 0.25) is 0 Å². The van der Waals surface area contributed by atoms with E-state index in [9.17, 15) is 4.79 Å². The van der Waals surface area contributed by atoms with Crippen LogP contribution in [-0.2, 0) is 5.54 Å². The van der Waals surface area contributed by atoms with Gasteiger partial charge in [-0.2, -0.15) is 0 Å². The molecule has 0 fully saturated rings. The Morgan fingerprint density at radius 2 is 1.32 bits per heavy atom. The molecule has 0 radical (unpaired) electrons. The highest BCUT2D eigenvalue weighted by atomic mass is 32.2. The Hall–Kier alpha value is -3.35. The van der Waals surface area contributed by atoms with Crippen molar-refractivity contribution < 1.29 is 0 Å². The van der Waals surface area contributed by atoms with Crippen LogP contribution in [0.25, 0.3) is 0 Å². The predicted molar refractivity (Wildman–Crippen MR) is 127 cm³/mol. The molecule has 0 amide bonds. The van der Waals surface area contributed by atoms with E-state index in [1.54, 1.807) is 0 Å². The van der Waals surface area contributed by atoms with Gasteiger partial charge in [0.05, 0.1) is 5.54 Å². The summed E-state index contributed by atoms with van der Waals surface area (Å²) in [6, 6.07) is 32.7. The Balaban J connectivity index is 1.67. The number of thioether (sulfide) groups is 1. The molecule has 0 saturated carbocycles. The van der Waals surface area contributed by atoms with Crippen LogP contribution >= 0.6 is 11.8 Å². The zero-order valence-corrected chi connectivity index (χ0v) is 17.8. The molecular weight excluding hydrogens is 404 g/mol. The normalized spacial score (nSPS) is 11.4. The van der Waals surface area contributed by atoms with Gasteiger partial charge in [-0.3, -0.25) is 10.1 Å². The van der Waals surface area contributed by atoms with E-state index in [0.717, 1.165) is 16.7 Å². The molecule has 0 aliphatic heterocycles. The monoisotopic (exact) mass is 428 g/mol. The number of nitrogen functional groups attached to an aromatic ring is 1. The number of aromatic nitrogens is 2. The van der Waals surface area contributed by atoms with Crippen molar-refractivity contribution in [1.29, 1.82) is 0 Å². The number of H-pyrrole nitrogens is 1. The number of hydrogen-bond acceptors (Lipinski definition) is 5. The summed E-state index contributed by atoms with van der Waals surface area (Å²) >= 11 is 1.47. The molecule has 0 aliphatic rings. The quantitative estimate of drug-likeness (QED) is 0.171. The summed E-state index contributed by atoms with van der Waals surface area (Å²) < 4.78 is 0. The van der Waals surface area contributed by atoms with Gasteiger partial charge in [-0.1, -0.05) is 103 Å². The van der Waals surface area contributed by atoms with E-state index in [0.29, 0.717) is 17.5 Å². The molecule has 31 heavy (non-hydrogen) atoms. The average Bonchev–Trinajstić information content (AvgIpc) is 2.80. The molecule has 0 bridgehead atoms. The van der Waals surface area contributed by atoms with Gasteiger partial charge in [-0.25, -0.2) is 4.98 Å². The molecule has 6 heteroatoms. The second-order valence-electron chi connectivity index (χ2n) is 7.10. The number of hydrogen-bond donors (Lipinski definition) is 3. The highest BCUT2D eigenvalue weighted by Gasteiger charge is 2.35. The Labute approximate surface area is 185 Å². The molecule has 156 valence electrons. The van der Waals surface area contributed by atoms with E-state index < -0.39 is 5.54 Å². The van der Waals surface area contributed by atoms with Crippen LogP contribution < -0.4 is 16.6 Å². The van der Waals surface area contributed by atoms with Crippen molar-refractivity contribution in [3.63, 3.8) is 0 Å². The van der Waals surface area contributed by atoms with Gasteiger partial charge in [0.25, 0.3) is 5.56 Å². The Morgan fingerprint density at radius 1 is 0.839 bits per heavy atom. The molecule has 4 aromatic rings. The maximum Gasteiger partial charge on any atom is 0.253 e. The number of nitrogens with one attached hydrogen (secondary N) is 2. The topological polar surface area (TPSA) is 83.8 Å². The summed E-state index contributed by atoms with van der Waals surface area (Å²) in [6.07, 6.45) is 0. The largest absolute Gasteiger partial charge is 0.383 e. The van der Waals surface area contributed by atoms with Gasteiger partial charge in [0.2, 0.25) is 0 Å². The van der Waals surface area contributed by atoms with Gasteiger partial charge < -0.3 is 10.7 Å². The zero-order valence-electron chi connectivity index (χ0n) is 17.0. The molecule has 1 aromatic heterocycles. The van der Waals surface area contributed by atoms with Crippen molar-refractivity contribution >= 4 is 17.6 Å². The smallest absolute Gasteiger partial charge is 0.253 e. The number of rotatable bonds is 8. The lowest BCUT2D eigenvalue weighted by atomic mass is 9.77. The molecule has 0 unspecified atom stereocenters. The molecular formula is C25H24N4OS. The van der Waals surface area contributed by atoms with E-state index in [1.807, 2.05) is 18.2 Å². The molecule has 0 aliphatic carbocycles. The third kappa shape index (κ3) is 4.71. The number of anilines is 1. The first kappa shape index (κ1) is 20.9. The van der Waals surface area contributed by atoms with Crippen LogP contribution in [0.4, 0.5) is 5.82 Å². The highest BCUT2D eigenvalue weighted by molar-refractivity contribution is 7.99. The average molecular weight is 429 g/mol. The SMILES string of the molecule is Nc1cc(=O)[nH]c(SCCNC(c2ccccc2)(c2ccccc2)c2ccccc2)n1. The third-order valence-corrected chi connectivity index (χ3v) is 5.97. The standard InChI is InChI=1S/C25H24N4OS/c26-22-18-23(30)29-24(28-22)31-17-16-27-25(19-10-4-1-5-11-19,20-12-6-2-7-13-20)21-14-8-3-9-15-21/h1-15,18,27H,16-17H2,(H3,26,28,29,30).